The van der Waals surface area contributed by atoms with Crippen LogP contribution < -0.4 is 10.6 Å². The lowest BCUT2D eigenvalue weighted by Gasteiger charge is -2.11. The first kappa shape index (κ1) is 15.7. The van der Waals surface area contributed by atoms with Crippen molar-refractivity contribution in [2.24, 2.45) is 5.92 Å². The van der Waals surface area contributed by atoms with Gasteiger partial charge in [-0.3, -0.25) is 4.79 Å². The van der Waals surface area contributed by atoms with Gasteiger partial charge in [-0.25, -0.2) is 4.79 Å². The molecule has 0 aromatic rings. The van der Waals surface area contributed by atoms with E-state index in [1.807, 2.05) is 6.92 Å². The second-order valence-corrected chi connectivity index (χ2v) is 4.00. The highest BCUT2D eigenvalue weighted by molar-refractivity contribution is 5.73. The van der Waals surface area contributed by atoms with E-state index >= 15 is 0 Å². The van der Waals surface area contributed by atoms with Crippen LogP contribution in [-0.2, 0) is 9.53 Å². The summed E-state index contributed by atoms with van der Waals surface area (Å²) in [7, 11) is 1.57. The molecule has 0 radical (unpaired) electrons. The minimum Gasteiger partial charge on any atom is -0.481 e. The van der Waals surface area contributed by atoms with Gasteiger partial charge in [-0.15, -0.1) is 0 Å². The first-order valence-corrected chi connectivity index (χ1v) is 5.78. The number of methoxy groups -OCH3 is 1. The molecule has 3 N–H and O–H groups in total. The number of hydrogen-bond donors (Lipinski definition) is 3. The number of carbonyl (C=O) groups excluding carboxylic acids is 1. The minimum atomic E-state index is -0.776. The van der Waals surface area contributed by atoms with Crippen molar-refractivity contribution in [2.45, 2.75) is 26.2 Å². The molecular weight excluding hydrogens is 224 g/mol. The van der Waals surface area contributed by atoms with E-state index in [4.69, 9.17) is 9.84 Å². The van der Waals surface area contributed by atoms with Gasteiger partial charge in [0.2, 0.25) is 0 Å². The molecule has 0 aromatic carbocycles. The van der Waals surface area contributed by atoms with Gasteiger partial charge in [-0.2, -0.15) is 0 Å². The maximum absolute atomic E-state index is 11.2. The third kappa shape index (κ3) is 11.0. The fourth-order valence-corrected chi connectivity index (χ4v) is 1.28. The highest BCUT2D eigenvalue weighted by atomic mass is 16.5. The highest BCUT2D eigenvalue weighted by Crippen LogP contribution is 2.08. The summed E-state index contributed by atoms with van der Waals surface area (Å²) < 4.78 is 4.79. The number of carboxylic acids is 1. The number of aliphatic carboxylic acids is 1. The number of amides is 2. The summed E-state index contributed by atoms with van der Waals surface area (Å²) in [5.74, 6) is -0.479. The molecule has 0 aromatic heterocycles. The van der Waals surface area contributed by atoms with Crippen LogP contribution in [0.15, 0.2) is 0 Å². The molecule has 0 rings (SSSR count). The van der Waals surface area contributed by atoms with E-state index in [0.717, 1.165) is 6.42 Å². The molecule has 6 nitrogen and oxygen atoms in total. The molecule has 1 atom stereocenters. The molecular formula is C11H22N2O4. The van der Waals surface area contributed by atoms with Gasteiger partial charge in [0.1, 0.15) is 0 Å². The van der Waals surface area contributed by atoms with E-state index in [-0.39, 0.29) is 12.5 Å². The summed E-state index contributed by atoms with van der Waals surface area (Å²) in [6.07, 6.45) is 1.61. The normalized spacial score (nSPS) is 11.9. The van der Waals surface area contributed by atoms with Crippen LogP contribution in [0.3, 0.4) is 0 Å². The number of nitrogens with one attached hydrogen (secondary N) is 2. The molecule has 0 spiro atoms. The van der Waals surface area contributed by atoms with Gasteiger partial charge in [0.15, 0.2) is 0 Å². The third-order valence-electron chi connectivity index (χ3n) is 2.37. The zero-order valence-corrected chi connectivity index (χ0v) is 10.5. The maximum Gasteiger partial charge on any atom is 0.314 e. The Hall–Kier alpha value is -1.30. The quantitative estimate of drug-likeness (QED) is 0.526. The summed E-state index contributed by atoms with van der Waals surface area (Å²) in [6, 6.07) is -0.215. The first-order chi connectivity index (χ1) is 8.06. The maximum atomic E-state index is 11.2. The SMILES string of the molecule is COCCNC(=O)NCCC(C)CCC(=O)O. The van der Waals surface area contributed by atoms with Crippen LogP contribution in [0.25, 0.3) is 0 Å². The Morgan fingerprint density at radius 2 is 1.88 bits per heavy atom. The standard InChI is InChI=1S/C11H22N2O4/c1-9(3-4-10(14)15)5-6-12-11(16)13-7-8-17-2/h9H,3-8H2,1-2H3,(H,14,15)(H2,12,13,16). The number of rotatable bonds is 9. The summed E-state index contributed by atoms with van der Waals surface area (Å²) >= 11 is 0. The molecule has 1 unspecified atom stereocenters. The molecule has 0 fully saturated rings. The summed E-state index contributed by atoms with van der Waals surface area (Å²) in [6.45, 7) is 3.51. The smallest absolute Gasteiger partial charge is 0.314 e. The molecule has 6 heteroatoms. The largest absolute Gasteiger partial charge is 0.481 e. The van der Waals surface area contributed by atoms with Crippen LogP contribution in [0.1, 0.15) is 26.2 Å². The van der Waals surface area contributed by atoms with Gasteiger partial charge < -0.3 is 20.5 Å². The van der Waals surface area contributed by atoms with Crippen molar-refractivity contribution in [3.63, 3.8) is 0 Å². The number of carbonyl (C=O) groups is 2. The van der Waals surface area contributed by atoms with Crippen LogP contribution in [0, 0.1) is 5.92 Å². The van der Waals surface area contributed by atoms with Crippen LogP contribution in [0.5, 0.6) is 0 Å². The van der Waals surface area contributed by atoms with Crippen LogP contribution in [-0.4, -0.2) is 43.9 Å². The fraction of sp³-hybridized carbons (Fsp3) is 0.818. The van der Waals surface area contributed by atoms with E-state index in [0.29, 0.717) is 32.0 Å². The lowest BCUT2D eigenvalue weighted by atomic mass is 10.0. The van der Waals surface area contributed by atoms with E-state index in [1.54, 1.807) is 7.11 Å². The Morgan fingerprint density at radius 3 is 2.47 bits per heavy atom. The molecule has 0 heterocycles. The molecule has 0 aliphatic rings. The van der Waals surface area contributed by atoms with Gasteiger partial charge in [0.25, 0.3) is 0 Å². The summed E-state index contributed by atoms with van der Waals surface area (Å²) in [5, 5.41) is 13.9. The van der Waals surface area contributed by atoms with Crippen LogP contribution >= 0.6 is 0 Å². The zero-order chi connectivity index (χ0) is 13.1. The van der Waals surface area contributed by atoms with Gasteiger partial charge in [0, 0.05) is 26.6 Å². The van der Waals surface area contributed by atoms with Gasteiger partial charge in [-0.05, 0) is 18.8 Å². The van der Waals surface area contributed by atoms with Gasteiger partial charge >= 0.3 is 12.0 Å². The second-order valence-electron chi connectivity index (χ2n) is 4.00. The molecule has 0 saturated heterocycles. The van der Waals surface area contributed by atoms with Crippen molar-refractivity contribution < 1.29 is 19.4 Å². The summed E-state index contributed by atoms with van der Waals surface area (Å²) in [5.41, 5.74) is 0. The number of carboxylic acid groups (broad SMARTS) is 1. The van der Waals surface area contributed by atoms with Crippen molar-refractivity contribution in [1.82, 2.24) is 10.6 Å². The number of urea groups is 1. The number of ether oxygens (including phenoxy) is 1. The van der Waals surface area contributed by atoms with Crippen LogP contribution in [0.4, 0.5) is 4.79 Å². The van der Waals surface area contributed by atoms with E-state index in [2.05, 4.69) is 10.6 Å². The third-order valence-corrected chi connectivity index (χ3v) is 2.37. The lowest BCUT2D eigenvalue weighted by Crippen LogP contribution is -2.38. The van der Waals surface area contributed by atoms with Crippen LogP contribution in [0.2, 0.25) is 0 Å². The molecule has 0 aliphatic heterocycles. The molecule has 0 saturated carbocycles. The highest BCUT2D eigenvalue weighted by Gasteiger charge is 2.06. The fourth-order valence-electron chi connectivity index (χ4n) is 1.28. The number of hydrogen-bond acceptors (Lipinski definition) is 3. The molecule has 0 aliphatic carbocycles. The molecule has 2 amide bonds. The van der Waals surface area contributed by atoms with Crippen molar-refractivity contribution >= 4 is 12.0 Å². The molecule has 17 heavy (non-hydrogen) atoms. The Kier molecular flexibility index (Phi) is 9.14. The molecule has 0 bridgehead atoms. The Labute approximate surface area is 102 Å². The average molecular weight is 246 g/mol. The van der Waals surface area contributed by atoms with Gasteiger partial charge in [0.05, 0.1) is 6.61 Å². The van der Waals surface area contributed by atoms with E-state index < -0.39 is 5.97 Å². The summed E-state index contributed by atoms with van der Waals surface area (Å²) in [4.78, 5) is 21.5. The monoisotopic (exact) mass is 246 g/mol. The van der Waals surface area contributed by atoms with Crippen molar-refractivity contribution in [3.8, 4) is 0 Å². The molecule has 100 valence electrons. The lowest BCUT2D eigenvalue weighted by molar-refractivity contribution is -0.137. The van der Waals surface area contributed by atoms with E-state index in [1.165, 1.54) is 0 Å². The van der Waals surface area contributed by atoms with Crippen molar-refractivity contribution in [3.05, 3.63) is 0 Å². The Balaban J connectivity index is 3.42. The van der Waals surface area contributed by atoms with E-state index in [9.17, 15) is 9.59 Å². The Bertz CT molecular complexity index is 234. The van der Waals surface area contributed by atoms with Crippen molar-refractivity contribution in [1.29, 1.82) is 0 Å². The zero-order valence-electron chi connectivity index (χ0n) is 10.5. The average Bonchev–Trinajstić information content (AvgIpc) is 2.27. The minimum absolute atomic E-state index is 0.182. The second kappa shape index (κ2) is 9.89. The topological polar surface area (TPSA) is 87.7 Å². The predicted octanol–water partition coefficient (Wildman–Crippen LogP) is 0.823. The first-order valence-electron chi connectivity index (χ1n) is 5.78. The van der Waals surface area contributed by atoms with Crippen molar-refractivity contribution in [2.75, 3.05) is 26.8 Å². The van der Waals surface area contributed by atoms with Gasteiger partial charge in [-0.1, -0.05) is 6.92 Å². The Morgan fingerprint density at radius 1 is 1.24 bits per heavy atom. The predicted molar refractivity (Wildman–Crippen MR) is 63.9 cm³/mol.